The predicted octanol–water partition coefficient (Wildman–Crippen LogP) is 6.73. The number of carbonyl (C=O) groups is 1. The van der Waals surface area contributed by atoms with Gasteiger partial charge in [0.1, 0.15) is 6.61 Å². The van der Waals surface area contributed by atoms with Crippen LogP contribution in [0.15, 0.2) is 99.9 Å². The van der Waals surface area contributed by atoms with Gasteiger partial charge in [0.25, 0.3) is 5.56 Å². The zero-order chi connectivity index (χ0) is 35.4. The lowest BCUT2D eigenvalue weighted by molar-refractivity contribution is -0.139. The molecule has 1 atom stereocenters. The second kappa shape index (κ2) is 15.0. The molecule has 4 aromatic carbocycles. The average molecular weight is 693 g/mol. The van der Waals surface area contributed by atoms with Gasteiger partial charge in [0, 0.05) is 0 Å². The second-order valence-electron chi connectivity index (χ2n) is 11.9. The Labute approximate surface area is 294 Å². The highest BCUT2D eigenvalue weighted by atomic mass is 32.1. The summed E-state index contributed by atoms with van der Waals surface area (Å²) in [5.41, 5.74) is 2.97. The van der Waals surface area contributed by atoms with E-state index in [0.29, 0.717) is 56.8 Å². The van der Waals surface area contributed by atoms with E-state index in [0.717, 1.165) is 21.9 Å². The van der Waals surface area contributed by atoms with Crippen LogP contribution < -0.4 is 33.8 Å². The Morgan fingerprint density at radius 1 is 0.920 bits per heavy atom. The number of nitrogens with zero attached hydrogens (tertiary/aromatic N) is 2. The summed E-state index contributed by atoms with van der Waals surface area (Å²) in [5, 5.41) is 2.29. The quantitative estimate of drug-likeness (QED) is 0.134. The van der Waals surface area contributed by atoms with Crippen molar-refractivity contribution in [1.29, 1.82) is 0 Å². The van der Waals surface area contributed by atoms with Crippen LogP contribution in [-0.4, -0.2) is 37.0 Å². The van der Waals surface area contributed by atoms with Crippen LogP contribution in [-0.2, 0) is 16.1 Å². The number of thiazole rings is 1. The van der Waals surface area contributed by atoms with E-state index in [9.17, 15) is 9.59 Å². The smallest absolute Gasteiger partial charge is 0.338 e. The van der Waals surface area contributed by atoms with E-state index in [1.165, 1.54) is 11.3 Å². The van der Waals surface area contributed by atoms with Gasteiger partial charge in [0.15, 0.2) is 27.8 Å². The maximum Gasteiger partial charge on any atom is 0.338 e. The number of hydrogen-bond donors (Lipinski definition) is 0. The zero-order valence-electron chi connectivity index (χ0n) is 29.0. The molecule has 1 aliphatic rings. The molecule has 0 unspecified atom stereocenters. The molecule has 0 fully saturated rings. The molecule has 0 N–H and O–H groups in total. The number of carbonyl (C=O) groups excluding carboxylic acids is 1. The first kappa shape index (κ1) is 34.5. The molecule has 0 spiro atoms. The van der Waals surface area contributed by atoms with Gasteiger partial charge < -0.3 is 23.7 Å². The Hall–Kier alpha value is -5.35. The minimum Gasteiger partial charge on any atom is -0.493 e. The summed E-state index contributed by atoms with van der Waals surface area (Å²) in [6, 6.07) is 24.6. The minimum atomic E-state index is -0.793. The number of allylic oxidation sites excluding steroid dienone is 1. The van der Waals surface area contributed by atoms with Crippen molar-refractivity contribution in [3.05, 3.63) is 127 Å². The first-order valence-corrected chi connectivity index (χ1v) is 17.4. The van der Waals surface area contributed by atoms with Crippen LogP contribution in [0, 0.1) is 0 Å². The van der Waals surface area contributed by atoms with Gasteiger partial charge in [-0.1, -0.05) is 65.9 Å². The molecule has 6 rings (SSSR count). The molecule has 0 saturated heterocycles. The van der Waals surface area contributed by atoms with Crippen LogP contribution in [0.3, 0.4) is 0 Å². The first-order valence-electron chi connectivity index (χ1n) is 16.6. The molecule has 0 aliphatic carbocycles. The van der Waals surface area contributed by atoms with E-state index in [1.807, 2.05) is 63.2 Å². The van der Waals surface area contributed by atoms with E-state index in [4.69, 9.17) is 28.7 Å². The standard InChI is InChI=1S/C40H40N2O7S/c1-7-46-34-20-26(16-18-31(34)48-23-29-14-11-13-27-12-9-10-15-30(27)29)21-35-38(43)42-37(28-17-19-32(49-24(3)4)33(22-28)45-6)36(39(44)47-8-2)25(5)41-40(42)50-35/h9-22,24,37H,7-8,23H2,1-6H3/b35-21-/t37-/m0/s1. The molecule has 50 heavy (non-hydrogen) atoms. The van der Waals surface area contributed by atoms with Crippen molar-refractivity contribution in [3.63, 3.8) is 0 Å². The van der Waals surface area contributed by atoms with Crippen LogP contribution in [0.4, 0.5) is 0 Å². The monoisotopic (exact) mass is 692 g/mol. The van der Waals surface area contributed by atoms with Crippen molar-refractivity contribution in [1.82, 2.24) is 4.57 Å². The number of benzene rings is 4. The zero-order valence-corrected chi connectivity index (χ0v) is 29.8. The fraction of sp³-hybridized carbons (Fsp3) is 0.275. The maximum absolute atomic E-state index is 14.2. The highest BCUT2D eigenvalue weighted by molar-refractivity contribution is 7.07. The molecule has 9 nitrogen and oxygen atoms in total. The van der Waals surface area contributed by atoms with Crippen LogP contribution >= 0.6 is 11.3 Å². The average Bonchev–Trinajstić information content (AvgIpc) is 3.40. The highest BCUT2D eigenvalue weighted by Crippen LogP contribution is 2.37. The van der Waals surface area contributed by atoms with Crippen LogP contribution in [0.5, 0.6) is 23.0 Å². The largest absolute Gasteiger partial charge is 0.493 e. The van der Waals surface area contributed by atoms with Gasteiger partial charge in [-0.25, -0.2) is 9.79 Å². The minimum absolute atomic E-state index is 0.0715. The summed E-state index contributed by atoms with van der Waals surface area (Å²) in [4.78, 5) is 32.8. The molecule has 0 saturated carbocycles. The Balaban J connectivity index is 1.39. The van der Waals surface area contributed by atoms with Crippen molar-refractivity contribution in [2.75, 3.05) is 20.3 Å². The Kier molecular flexibility index (Phi) is 10.4. The molecule has 5 aromatic rings. The highest BCUT2D eigenvalue weighted by Gasteiger charge is 2.34. The second-order valence-corrected chi connectivity index (χ2v) is 13.0. The number of aromatic nitrogens is 1. The van der Waals surface area contributed by atoms with E-state index < -0.39 is 12.0 Å². The van der Waals surface area contributed by atoms with E-state index in [2.05, 4.69) is 24.3 Å². The normalized spacial score (nSPS) is 14.4. The van der Waals surface area contributed by atoms with Crippen molar-refractivity contribution < 1.29 is 28.5 Å². The lowest BCUT2D eigenvalue weighted by atomic mass is 9.95. The molecular formula is C40H40N2O7S. The SMILES string of the molecule is CCOC(=O)C1=C(C)N=c2s/c(=C\c3ccc(OCc4cccc5ccccc45)c(OCC)c3)c(=O)n2[C@H]1c1ccc(OC(C)C)c(OC)c1. The molecule has 1 aromatic heterocycles. The molecule has 0 bridgehead atoms. The molecule has 258 valence electrons. The van der Waals surface area contributed by atoms with Crippen LogP contribution in [0.25, 0.3) is 16.8 Å². The van der Waals surface area contributed by atoms with E-state index in [1.54, 1.807) is 43.7 Å². The summed E-state index contributed by atoms with van der Waals surface area (Å²) in [6.45, 7) is 10.3. The molecule has 1 aliphatic heterocycles. The molecular weight excluding hydrogens is 653 g/mol. The molecule has 0 radical (unpaired) electrons. The number of ether oxygens (including phenoxy) is 5. The third-order valence-electron chi connectivity index (χ3n) is 8.21. The lowest BCUT2D eigenvalue weighted by Crippen LogP contribution is -2.40. The van der Waals surface area contributed by atoms with Gasteiger partial charge in [0.2, 0.25) is 0 Å². The van der Waals surface area contributed by atoms with Crippen molar-refractivity contribution >= 4 is 34.2 Å². The molecule has 2 heterocycles. The van der Waals surface area contributed by atoms with Gasteiger partial charge >= 0.3 is 5.97 Å². The van der Waals surface area contributed by atoms with Crippen molar-refractivity contribution in [2.24, 2.45) is 4.99 Å². The maximum atomic E-state index is 14.2. The Morgan fingerprint density at radius 3 is 2.46 bits per heavy atom. The van der Waals surface area contributed by atoms with Crippen molar-refractivity contribution in [2.45, 2.75) is 53.4 Å². The van der Waals surface area contributed by atoms with Crippen LogP contribution in [0.2, 0.25) is 0 Å². The molecule has 0 amide bonds. The predicted molar refractivity (Wildman–Crippen MR) is 195 cm³/mol. The van der Waals surface area contributed by atoms with Gasteiger partial charge in [-0.05, 0) is 92.4 Å². The van der Waals surface area contributed by atoms with Crippen LogP contribution in [0.1, 0.15) is 57.4 Å². The number of methoxy groups -OCH3 is 1. The van der Waals surface area contributed by atoms with Gasteiger partial charge in [-0.3, -0.25) is 9.36 Å². The summed E-state index contributed by atoms with van der Waals surface area (Å²) in [5.74, 6) is 1.69. The Bertz CT molecular complexity index is 2260. The summed E-state index contributed by atoms with van der Waals surface area (Å²) < 4.78 is 31.3. The van der Waals surface area contributed by atoms with Crippen molar-refractivity contribution in [3.8, 4) is 23.0 Å². The topological polar surface area (TPSA) is 97.6 Å². The summed E-state index contributed by atoms with van der Waals surface area (Å²) in [7, 11) is 1.56. The number of fused-ring (bicyclic) bond motifs is 2. The fourth-order valence-corrected chi connectivity index (χ4v) is 7.09. The van der Waals surface area contributed by atoms with E-state index in [-0.39, 0.29) is 23.8 Å². The van der Waals surface area contributed by atoms with Gasteiger partial charge in [-0.2, -0.15) is 0 Å². The Morgan fingerprint density at radius 2 is 1.70 bits per heavy atom. The third kappa shape index (κ3) is 7.02. The number of esters is 1. The number of hydrogen-bond acceptors (Lipinski definition) is 9. The lowest BCUT2D eigenvalue weighted by Gasteiger charge is -2.25. The summed E-state index contributed by atoms with van der Waals surface area (Å²) in [6.07, 6.45) is 1.74. The van der Waals surface area contributed by atoms with E-state index >= 15 is 0 Å². The van der Waals surface area contributed by atoms with Gasteiger partial charge in [-0.15, -0.1) is 0 Å². The third-order valence-corrected chi connectivity index (χ3v) is 9.19. The van der Waals surface area contributed by atoms with Gasteiger partial charge in [0.05, 0.1) is 48.3 Å². The summed E-state index contributed by atoms with van der Waals surface area (Å²) >= 11 is 1.25. The first-order chi connectivity index (χ1) is 24.2. The molecule has 10 heteroatoms. The number of rotatable bonds is 12. The fourth-order valence-electron chi connectivity index (χ4n) is 6.04.